The van der Waals surface area contributed by atoms with Crippen LogP contribution in [0.5, 0.6) is 0 Å². The molecule has 0 saturated carbocycles. The van der Waals surface area contributed by atoms with Gasteiger partial charge in [0.05, 0.1) is 12.4 Å². The van der Waals surface area contributed by atoms with Gasteiger partial charge in [0.2, 0.25) is 11.9 Å². The number of rotatable bonds is 6. The van der Waals surface area contributed by atoms with Crippen LogP contribution in [0.2, 0.25) is 0 Å². The van der Waals surface area contributed by atoms with Gasteiger partial charge in [-0.3, -0.25) is 33.5 Å². The van der Waals surface area contributed by atoms with Gasteiger partial charge in [-0.05, 0) is 6.42 Å². The number of hydrogen-bond acceptors (Lipinski definition) is 7. The lowest BCUT2D eigenvalue weighted by Crippen LogP contribution is -2.29. The minimum Gasteiger partial charge on any atom is -0.349 e. The molecule has 1 fully saturated rings. The van der Waals surface area contributed by atoms with Crippen molar-refractivity contribution in [3.63, 3.8) is 0 Å². The first-order chi connectivity index (χ1) is 13.2. The number of nitrogens with one attached hydrogen (secondary N) is 2. The Balaban J connectivity index is 2.04. The van der Waals surface area contributed by atoms with Gasteiger partial charge in [0.1, 0.15) is 6.10 Å². The Morgan fingerprint density at radius 1 is 1.57 bits per heavy atom. The van der Waals surface area contributed by atoms with Crippen LogP contribution in [0.1, 0.15) is 33.4 Å². The first-order valence-electron chi connectivity index (χ1n) is 8.69. The summed E-state index contributed by atoms with van der Waals surface area (Å²) in [5, 5.41) is 2.48. The van der Waals surface area contributed by atoms with Gasteiger partial charge in [-0.15, -0.1) is 0 Å². The van der Waals surface area contributed by atoms with E-state index in [1.54, 1.807) is 20.8 Å². The number of hydrogen-bond donors (Lipinski definition) is 3. The Bertz CT molecular complexity index is 962. The van der Waals surface area contributed by atoms with Crippen LogP contribution in [0.4, 0.5) is 10.3 Å². The van der Waals surface area contributed by atoms with Crippen molar-refractivity contribution in [3.05, 3.63) is 16.7 Å². The van der Waals surface area contributed by atoms with Crippen LogP contribution < -0.4 is 10.9 Å². The monoisotopic (exact) mass is 417 g/mol. The minimum atomic E-state index is -3.45. The number of anilines is 1. The molecule has 0 spiro atoms. The van der Waals surface area contributed by atoms with Gasteiger partial charge < -0.3 is 9.63 Å². The van der Waals surface area contributed by atoms with Crippen LogP contribution >= 0.6 is 8.25 Å². The molecule has 1 aliphatic heterocycles. The van der Waals surface area contributed by atoms with E-state index in [0.29, 0.717) is 6.42 Å². The highest BCUT2D eigenvalue weighted by Gasteiger charge is 2.47. The molecular formula is C15H21FN5O6P. The predicted molar refractivity (Wildman–Crippen MR) is 96.8 cm³/mol. The lowest BCUT2D eigenvalue weighted by Gasteiger charge is -2.19. The van der Waals surface area contributed by atoms with Crippen LogP contribution in [0.25, 0.3) is 11.2 Å². The highest BCUT2D eigenvalue weighted by atomic mass is 31.1. The van der Waals surface area contributed by atoms with E-state index in [1.165, 1.54) is 10.9 Å². The molecule has 3 N–H and O–H groups in total. The summed E-state index contributed by atoms with van der Waals surface area (Å²) in [6, 6.07) is 0. The van der Waals surface area contributed by atoms with Crippen LogP contribution in [0.3, 0.4) is 0 Å². The first kappa shape index (κ1) is 20.6. The fourth-order valence-electron chi connectivity index (χ4n) is 2.92. The lowest BCUT2D eigenvalue weighted by molar-refractivity contribution is -0.118. The number of H-pyrrole nitrogens is 1. The van der Waals surface area contributed by atoms with Crippen molar-refractivity contribution in [2.24, 2.45) is 5.92 Å². The Kier molecular flexibility index (Phi) is 5.94. The third kappa shape index (κ3) is 3.86. The second kappa shape index (κ2) is 8.08. The summed E-state index contributed by atoms with van der Waals surface area (Å²) in [7, 11) is -3.45. The third-order valence-electron chi connectivity index (χ3n) is 4.38. The largest absolute Gasteiger partial charge is 0.349 e. The molecule has 2 aromatic rings. The zero-order valence-corrected chi connectivity index (χ0v) is 16.4. The fourth-order valence-corrected chi connectivity index (χ4v) is 3.40. The van der Waals surface area contributed by atoms with Crippen molar-refractivity contribution in [2.75, 3.05) is 5.32 Å². The van der Waals surface area contributed by atoms with Crippen LogP contribution in [-0.2, 0) is 18.6 Å². The minimum absolute atomic E-state index is 0.0166. The van der Waals surface area contributed by atoms with E-state index in [2.05, 4.69) is 20.3 Å². The molecule has 0 radical (unpaired) electrons. The number of alkyl halides is 1. The van der Waals surface area contributed by atoms with Crippen molar-refractivity contribution >= 4 is 31.3 Å². The second-order valence-corrected chi connectivity index (χ2v) is 7.42. The average molecular weight is 417 g/mol. The summed E-state index contributed by atoms with van der Waals surface area (Å²) >= 11 is 0. The maximum atomic E-state index is 14.6. The molecule has 1 unspecified atom stereocenters. The molecule has 2 aromatic heterocycles. The zero-order chi connectivity index (χ0) is 20.6. The van der Waals surface area contributed by atoms with E-state index >= 15 is 0 Å². The van der Waals surface area contributed by atoms with Crippen molar-refractivity contribution in [3.8, 4) is 0 Å². The Morgan fingerprint density at radius 2 is 2.29 bits per heavy atom. The van der Waals surface area contributed by atoms with Gasteiger partial charge in [-0.25, -0.2) is 9.37 Å². The van der Waals surface area contributed by atoms with Crippen LogP contribution in [0, 0.1) is 5.92 Å². The number of carbonyl (C=O) groups excluding carboxylic acids is 1. The SMILES string of the molecule is CC[C@H]1O[C@@H](n2cnc3c(=O)[nH]c(NC(=O)C(C)C)nc32)[C@H](O[PH](=O)O)[C@@H]1F. The average Bonchev–Trinajstić information content (AvgIpc) is 3.16. The maximum absolute atomic E-state index is 14.6. The first-order valence-corrected chi connectivity index (χ1v) is 9.96. The van der Waals surface area contributed by atoms with E-state index in [0.717, 1.165) is 0 Å². The number of halogens is 1. The van der Waals surface area contributed by atoms with Gasteiger partial charge in [-0.2, -0.15) is 4.98 Å². The number of fused-ring (bicyclic) bond motifs is 1. The number of aromatic nitrogens is 4. The van der Waals surface area contributed by atoms with E-state index in [4.69, 9.17) is 14.2 Å². The maximum Gasteiger partial charge on any atom is 0.317 e. The molecule has 11 nitrogen and oxygen atoms in total. The topological polar surface area (TPSA) is 148 Å². The Morgan fingerprint density at radius 3 is 2.89 bits per heavy atom. The van der Waals surface area contributed by atoms with Crippen molar-refractivity contribution in [1.29, 1.82) is 0 Å². The second-order valence-electron chi connectivity index (χ2n) is 6.65. The fraction of sp³-hybridized carbons (Fsp3) is 0.600. The summed E-state index contributed by atoms with van der Waals surface area (Å²) < 4.78 is 37.5. The van der Waals surface area contributed by atoms with Crippen LogP contribution in [0.15, 0.2) is 11.1 Å². The molecule has 28 heavy (non-hydrogen) atoms. The molecule has 5 atom stereocenters. The molecule has 3 heterocycles. The van der Waals surface area contributed by atoms with Gasteiger partial charge in [0, 0.05) is 5.92 Å². The molecule has 1 saturated heterocycles. The summed E-state index contributed by atoms with van der Waals surface area (Å²) in [5.74, 6) is -0.810. The van der Waals surface area contributed by atoms with E-state index in [-0.39, 0.29) is 28.9 Å². The number of ether oxygens (including phenoxy) is 1. The number of aromatic amines is 1. The zero-order valence-electron chi connectivity index (χ0n) is 15.4. The van der Waals surface area contributed by atoms with E-state index in [1.807, 2.05) is 0 Å². The standard InChI is InChI=1S/C15H21FN5O6P/c1-4-7-8(16)10(27-28(24)25)14(26-7)21-5-17-9-11(21)18-15(20-13(9)23)19-12(22)6(2)3/h5-8,10,14,28H,4H2,1-3H3,(H,24,25)(H2,18,19,20,22,23)/t7-,8-,10-,14-/m1/s1. The number of carbonyl (C=O) groups is 1. The molecule has 154 valence electrons. The summed E-state index contributed by atoms with van der Waals surface area (Å²) in [6.45, 7) is 5.05. The molecule has 3 rings (SSSR count). The molecule has 0 aromatic carbocycles. The summed E-state index contributed by atoms with van der Waals surface area (Å²) in [5.41, 5.74) is -0.655. The normalized spacial score (nSPS) is 26.1. The quantitative estimate of drug-likeness (QED) is 0.592. The predicted octanol–water partition coefficient (Wildman–Crippen LogP) is 1.13. The molecule has 0 bridgehead atoms. The van der Waals surface area contributed by atoms with Crippen LogP contribution in [-0.4, -0.2) is 48.7 Å². The van der Waals surface area contributed by atoms with E-state index < -0.39 is 38.4 Å². The molecule has 0 aliphatic carbocycles. The smallest absolute Gasteiger partial charge is 0.317 e. The highest BCUT2D eigenvalue weighted by molar-refractivity contribution is 7.32. The Hall–Kier alpha value is -2.14. The Labute approximate surface area is 159 Å². The number of nitrogens with zero attached hydrogens (tertiary/aromatic N) is 3. The van der Waals surface area contributed by atoms with E-state index in [9.17, 15) is 18.5 Å². The van der Waals surface area contributed by atoms with Gasteiger partial charge >= 0.3 is 8.25 Å². The van der Waals surface area contributed by atoms with Crippen molar-refractivity contribution in [1.82, 2.24) is 19.5 Å². The summed E-state index contributed by atoms with van der Waals surface area (Å²) in [6.07, 6.45) is -3.55. The third-order valence-corrected chi connectivity index (χ3v) is 4.85. The number of imidazole rings is 1. The summed E-state index contributed by atoms with van der Waals surface area (Å²) in [4.78, 5) is 43.8. The number of amides is 1. The molecule has 1 amide bonds. The molecular weight excluding hydrogens is 396 g/mol. The van der Waals surface area contributed by atoms with Crippen molar-refractivity contribution < 1.29 is 27.9 Å². The molecule has 13 heteroatoms. The lowest BCUT2D eigenvalue weighted by atomic mass is 10.1. The van der Waals surface area contributed by atoms with Gasteiger partial charge in [0.25, 0.3) is 5.56 Å². The van der Waals surface area contributed by atoms with Gasteiger partial charge in [0.15, 0.2) is 23.6 Å². The van der Waals surface area contributed by atoms with Gasteiger partial charge in [-0.1, -0.05) is 20.8 Å². The molecule has 1 aliphatic rings. The highest BCUT2D eigenvalue weighted by Crippen LogP contribution is 2.40. The van der Waals surface area contributed by atoms with Crippen molar-refractivity contribution in [2.45, 2.75) is 51.8 Å².